The van der Waals surface area contributed by atoms with Crippen LogP contribution < -0.4 is 9.80 Å². The molecule has 0 unspecified atom stereocenters. The van der Waals surface area contributed by atoms with Gasteiger partial charge in [-0.1, -0.05) is 18.2 Å². The molecular weight excluding hydrogens is 342 g/mol. The first-order valence-electron chi connectivity index (χ1n) is 8.84. The molecule has 0 amide bonds. The summed E-state index contributed by atoms with van der Waals surface area (Å²) in [6.07, 6.45) is 3.60. The average molecular weight is 361 g/mol. The van der Waals surface area contributed by atoms with Gasteiger partial charge in [-0.3, -0.25) is 4.98 Å². The van der Waals surface area contributed by atoms with Crippen LogP contribution in [0, 0.1) is 6.92 Å². The van der Waals surface area contributed by atoms with Crippen molar-refractivity contribution in [1.82, 2.24) is 15.0 Å². The van der Waals surface area contributed by atoms with Crippen molar-refractivity contribution in [2.24, 2.45) is 0 Å². The molecule has 1 saturated heterocycles. The summed E-state index contributed by atoms with van der Waals surface area (Å²) in [7, 11) is 0. The molecule has 4 aromatic rings. The number of thiophene rings is 1. The molecule has 6 heteroatoms. The van der Waals surface area contributed by atoms with Crippen LogP contribution in [0.15, 0.2) is 48.2 Å². The first-order chi connectivity index (χ1) is 12.8. The van der Waals surface area contributed by atoms with E-state index in [1.165, 1.54) is 21.3 Å². The van der Waals surface area contributed by atoms with Crippen LogP contribution in [0.5, 0.6) is 0 Å². The maximum absolute atomic E-state index is 4.57. The first-order valence-corrected chi connectivity index (χ1v) is 9.72. The van der Waals surface area contributed by atoms with Gasteiger partial charge in [-0.05, 0) is 30.0 Å². The Morgan fingerprint density at radius 3 is 2.65 bits per heavy atom. The number of hydrogen-bond donors (Lipinski definition) is 0. The Balaban J connectivity index is 1.43. The molecule has 1 aliphatic rings. The lowest BCUT2D eigenvalue weighted by atomic mass is 10.1. The van der Waals surface area contributed by atoms with Crippen LogP contribution in [-0.2, 0) is 0 Å². The zero-order chi connectivity index (χ0) is 17.5. The van der Waals surface area contributed by atoms with E-state index in [1.807, 2.05) is 6.20 Å². The van der Waals surface area contributed by atoms with Gasteiger partial charge in [0.25, 0.3) is 0 Å². The Bertz CT molecular complexity index is 1080. The summed E-state index contributed by atoms with van der Waals surface area (Å²) in [6.45, 7) is 5.99. The van der Waals surface area contributed by atoms with Gasteiger partial charge in [-0.25, -0.2) is 9.97 Å². The molecule has 1 aromatic carbocycles. The monoisotopic (exact) mass is 361 g/mol. The fraction of sp³-hybridized carbons (Fsp3) is 0.250. The highest BCUT2D eigenvalue weighted by molar-refractivity contribution is 7.17. The number of aromatic nitrogens is 3. The fourth-order valence-corrected chi connectivity index (χ4v) is 4.61. The van der Waals surface area contributed by atoms with Crippen LogP contribution in [0.2, 0.25) is 0 Å². The fourth-order valence-electron chi connectivity index (χ4n) is 3.75. The van der Waals surface area contributed by atoms with Crippen molar-refractivity contribution in [3.8, 4) is 0 Å². The van der Waals surface area contributed by atoms with Gasteiger partial charge < -0.3 is 9.80 Å². The standard InChI is InChI=1S/C20H19N5S/c1-14-3-2-4-15-17(5-7-21-18(14)15)24-8-10-25(11-9-24)20-19-16(6-12-26-19)22-13-23-20/h2-7,12-13H,8-11H2,1H3. The molecule has 0 atom stereocenters. The summed E-state index contributed by atoms with van der Waals surface area (Å²) in [5, 5.41) is 3.33. The van der Waals surface area contributed by atoms with Crippen molar-refractivity contribution >= 4 is 44.0 Å². The van der Waals surface area contributed by atoms with Gasteiger partial charge in [-0.15, -0.1) is 11.3 Å². The summed E-state index contributed by atoms with van der Waals surface area (Å²) < 4.78 is 1.19. The second-order valence-corrected chi connectivity index (χ2v) is 7.52. The lowest BCUT2D eigenvalue weighted by Gasteiger charge is -2.37. The summed E-state index contributed by atoms with van der Waals surface area (Å²) in [6, 6.07) is 10.6. The normalized spacial score (nSPS) is 15.1. The number of pyridine rings is 1. The van der Waals surface area contributed by atoms with Crippen molar-refractivity contribution in [1.29, 1.82) is 0 Å². The lowest BCUT2D eigenvalue weighted by molar-refractivity contribution is 0.650. The molecule has 130 valence electrons. The maximum Gasteiger partial charge on any atom is 0.150 e. The number of para-hydroxylation sites is 1. The van der Waals surface area contributed by atoms with Crippen molar-refractivity contribution in [2.45, 2.75) is 6.92 Å². The molecule has 0 N–H and O–H groups in total. The van der Waals surface area contributed by atoms with Crippen LogP contribution >= 0.6 is 11.3 Å². The Labute approximate surface area is 155 Å². The van der Waals surface area contributed by atoms with Crippen molar-refractivity contribution in [3.63, 3.8) is 0 Å². The number of rotatable bonds is 2. The third kappa shape index (κ3) is 2.49. The van der Waals surface area contributed by atoms with Crippen LogP contribution in [0.1, 0.15) is 5.56 Å². The van der Waals surface area contributed by atoms with Crippen molar-refractivity contribution in [2.75, 3.05) is 36.0 Å². The third-order valence-corrected chi connectivity index (χ3v) is 5.99. The number of piperazine rings is 1. The number of anilines is 2. The molecular formula is C20H19N5S. The van der Waals surface area contributed by atoms with Crippen molar-refractivity contribution < 1.29 is 0 Å². The van der Waals surface area contributed by atoms with E-state index >= 15 is 0 Å². The van der Waals surface area contributed by atoms with Crippen LogP contribution in [0.3, 0.4) is 0 Å². The minimum absolute atomic E-state index is 0.958. The van der Waals surface area contributed by atoms with E-state index in [0.29, 0.717) is 0 Å². The summed E-state index contributed by atoms with van der Waals surface area (Å²) in [5.74, 6) is 1.07. The van der Waals surface area contributed by atoms with Gasteiger partial charge in [0.15, 0.2) is 0 Å². The SMILES string of the molecule is Cc1cccc2c(N3CCN(c4ncnc5ccsc45)CC3)ccnc12. The van der Waals surface area contributed by atoms with Gasteiger partial charge in [0, 0.05) is 43.4 Å². The van der Waals surface area contributed by atoms with Crippen LogP contribution in [-0.4, -0.2) is 41.1 Å². The maximum atomic E-state index is 4.57. The molecule has 0 spiro atoms. The molecule has 0 aliphatic carbocycles. The van der Waals surface area contributed by atoms with Gasteiger partial charge in [-0.2, -0.15) is 0 Å². The minimum atomic E-state index is 0.958. The van der Waals surface area contributed by atoms with E-state index in [1.54, 1.807) is 17.7 Å². The molecule has 1 fully saturated rings. The van der Waals surface area contributed by atoms with Crippen LogP contribution in [0.25, 0.3) is 21.1 Å². The Hall–Kier alpha value is -2.73. The van der Waals surface area contributed by atoms with Gasteiger partial charge >= 0.3 is 0 Å². The molecule has 3 aromatic heterocycles. The summed E-state index contributed by atoms with van der Waals surface area (Å²) in [4.78, 5) is 18.3. The number of aryl methyl sites for hydroxylation is 1. The summed E-state index contributed by atoms with van der Waals surface area (Å²) in [5.41, 5.74) is 4.65. The van der Waals surface area contributed by atoms with E-state index in [2.05, 4.69) is 67.4 Å². The highest BCUT2D eigenvalue weighted by atomic mass is 32.1. The highest BCUT2D eigenvalue weighted by Crippen LogP contribution is 2.31. The van der Waals surface area contributed by atoms with Gasteiger partial charge in [0.1, 0.15) is 12.1 Å². The number of hydrogen-bond acceptors (Lipinski definition) is 6. The lowest BCUT2D eigenvalue weighted by Crippen LogP contribution is -2.47. The number of benzene rings is 1. The third-order valence-electron chi connectivity index (χ3n) is 5.09. The number of fused-ring (bicyclic) bond motifs is 2. The molecule has 5 rings (SSSR count). The van der Waals surface area contributed by atoms with Crippen molar-refractivity contribution in [3.05, 3.63) is 53.8 Å². The van der Waals surface area contributed by atoms with Gasteiger partial charge in [0.05, 0.1) is 15.7 Å². The average Bonchev–Trinajstić information content (AvgIpc) is 3.17. The van der Waals surface area contributed by atoms with E-state index in [9.17, 15) is 0 Å². The molecule has 26 heavy (non-hydrogen) atoms. The molecule has 0 bridgehead atoms. The number of nitrogens with zero attached hydrogens (tertiary/aromatic N) is 5. The topological polar surface area (TPSA) is 45.2 Å². The van der Waals surface area contributed by atoms with Gasteiger partial charge in [0.2, 0.25) is 0 Å². The molecule has 0 saturated carbocycles. The minimum Gasteiger partial charge on any atom is -0.367 e. The van der Waals surface area contributed by atoms with E-state index in [4.69, 9.17) is 0 Å². The summed E-state index contributed by atoms with van der Waals surface area (Å²) >= 11 is 1.72. The zero-order valence-corrected chi connectivity index (χ0v) is 15.4. The quantitative estimate of drug-likeness (QED) is 0.542. The Morgan fingerprint density at radius 1 is 0.923 bits per heavy atom. The predicted molar refractivity (Wildman–Crippen MR) is 108 cm³/mol. The second-order valence-electron chi connectivity index (χ2n) is 6.61. The first kappa shape index (κ1) is 15.5. The zero-order valence-electron chi connectivity index (χ0n) is 14.6. The van der Waals surface area contributed by atoms with E-state index in [0.717, 1.165) is 43.0 Å². The Morgan fingerprint density at radius 2 is 1.77 bits per heavy atom. The molecule has 4 heterocycles. The second kappa shape index (κ2) is 6.21. The van der Waals surface area contributed by atoms with Crippen LogP contribution in [0.4, 0.5) is 11.5 Å². The molecule has 5 nitrogen and oxygen atoms in total. The Kier molecular flexibility index (Phi) is 3.71. The smallest absolute Gasteiger partial charge is 0.150 e. The van der Waals surface area contributed by atoms with E-state index in [-0.39, 0.29) is 0 Å². The largest absolute Gasteiger partial charge is 0.367 e. The molecule has 1 aliphatic heterocycles. The van der Waals surface area contributed by atoms with E-state index < -0.39 is 0 Å². The predicted octanol–water partition coefficient (Wildman–Crippen LogP) is 3.87. The highest BCUT2D eigenvalue weighted by Gasteiger charge is 2.22. The molecule has 0 radical (unpaired) electrons.